The van der Waals surface area contributed by atoms with Crippen molar-refractivity contribution in [3.05, 3.63) is 64.1 Å². The summed E-state index contributed by atoms with van der Waals surface area (Å²) in [6, 6.07) is 16.0. The lowest BCUT2D eigenvalue weighted by Gasteiger charge is -2.29. The standard InChI is InChI=1S/C22H24ClN3OS/c1-25(14-16-6-8-18(23)9-7-16)21(27)15-26-12-10-17(11-13-26)22-24-19-4-2-3-5-20(19)28-22/h2-9,17H,10-15H2,1H3/p+1. The highest BCUT2D eigenvalue weighted by Crippen LogP contribution is 2.31. The summed E-state index contributed by atoms with van der Waals surface area (Å²) < 4.78 is 1.27. The van der Waals surface area contributed by atoms with Crippen molar-refractivity contribution in [2.75, 3.05) is 26.7 Å². The number of likely N-dealkylation sites (tertiary alicyclic amines) is 1. The van der Waals surface area contributed by atoms with Crippen LogP contribution in [0.3, 0.4) is 0 Å². The maximum Gasteiger partial charge on any atom is 0.277 e. The summed E-state index contributed by atoms with van der Waals surface area (Å²) in [5.74, 6) is 0.728. The van der Waals surface area contributed by atoms with E-state index < -0.39 is 0 Å². The number of carbonyl (C=O) groups excluding carboxylic acids is 1. The van der Waals surface area contributed by atoms with Crippen LogP contribution in [-0.4, -0.2) is 42.5 Å². The zero-order valence-corrected chi connectivity index (χ0v) is 17.6. The van der Waals surface area contributed by atoms with Crippen molar-refractivity contribution in [3.8, 4) is 0 Å². The molecular formula is C22H25ClN3OS+. The first-order chi connectivity index (χ1) is 13.6. The van der Waals surface area contributed by atoms with Crippen molar-refractivity contribution in [1.82, 2.24) is 9.88 Å². The van der Waals surface area contributed by atoms with Gasteiger partial charge in [0.2, 0.25) is 0 Å². The molecule has 2 heterocycles. The Morgan fingerprint density at radius 1 is 1.18 bits per heavy atom. The van der Waals surface area contributed by atoms with E-state index in [0.717, 1.165) is 42.0 Å². The number of nitrogens with zero attached hydrogens (tertiary/aromatic N) is 2. The number of aromatic nitrogens is 1. The van der Waals surface area contributed by atoms with Crippen molar-refractivity contribution < 1.29 is 9.69 Å². The summed E-state index contributed by atoms with van der Waals surface area (Å²) in [6.45, 7) is 3.25. The maximum absolute atomic E-state index is 12.6. The molecule has 1 N–H and O–H groups in total. The molecule has 1 aliphatic heterocycles. The van der Waals surface area contributed by atoms with Gasteiger partial charge in [0.25, 0.3) is 5.91 Å². The van der Waals surface area contributed by atoms with Gasteiger partial charge in [-0.2, -0.15) is 0 Å². The number of likely N-dealkylation sites (N-methyl/N-ethyl adjacent to an activating group) is 1. The van der Waals surface area contributed by atoms with Crippen LogP contribution in [0, 0.1) is 0 Å². The van der Waals surface area contributed by atoms with Crippen LogP contribution in [0.2, 0.25) is 5.02 Å². The van der Waals surface area contributed by atoms with Crippen molar-refractivity contribution in [1.29, 1.82) is 0 Å². The fraction of sp³-hybridized carbons (Fsp3) is 0.364. The number of rotatable bonds is 5. The Labute approximate surface area is 174 Å². The first-order valence-corrected chi connectivity index (χ1v) is 11.0. The fourth-order valence-corrected chi connectivity index (χ4v) is 5.08. The molecule has 0 saturated carbocycles. The van der Waals surface area contributed by atoms with Gasteiger partial charge in [-0.05, 0) is 29.8 Å². The van der Waals surface area contributed by atoms with E-state index in [2.05, 4.69) is 18.2 Å². The SMILES string of the molecule is CN(Cc1ccc(Cl)cc1)C(=O)C[NH+]1CCC(c2nc3ccccc3s2)CC1. The normalized spacial score (nSPS) is 19.6. The molecule has 0 bridgehead atoms. The van der Waals surface area contributed by atoms with Crippen molar-refractivity contribution >= 4 is 39.1 Å². The van der Waals surface area contributed by atoms with Gasteiger partial charge in [-0.1, -0.05) is 35.9 Å². The molecule has 0 radical (unpaired) electrons. The van der Waals surface area contributed by atoms with Gasteiger partial charge in [-0.3, -0.25) is 4.79 Å². The molecule has 4 rings (SSSR count). The topological polar surface area (TPSA) is 37.6 Å². The molecule has 28 heavy (non-hydrogen) atoms. The predicted octanol–water partition coefficient (Wildman–Crippen LogP) is 3.37. The lowest BCUT2D eigenvalue weighted by Crippen LogP contribution is -3.14. The molecule has 1 aromatic heterocycles. The van der Waals surface area contributed by atoms with Crippen molar-refractivity contribution in [2.45, 2.75) is 25.3 Å². The molecule has 0 unspecified atom stereocenters. The number of fused-ring (bicyclic) bond motifs is 1. The monoisotopic (exact) mass is 414 g/mol. The van der Waals surface area contributed by atoms with E-state index in [4.69, 9.17) is 16.6 Å². The number of benzene rings is 2. The molecule has 2 aromatic carbocycles. The Morgan fingerprint density at radius 2 is 1.89 bits per heavy atom. The highest BCUT2D eigenvalue weighted by molar-refractivity contribution is 7.18. The van der Waals surface area contributed by atoms with Crippen LogP contribution in [0.5, 0.6) is 0 Å². The molecule has 0 atom stereocenters. The average molecular weight is 415 g/mol. The average Bonchev–Trinajstić information content (AvgIpc) is 3.14. The number of para-hydroxylation sites is 1. The number of thiazole rings is 1. The van der Waals surface area contributed by atoms with Gasteiger partial charge >= 0.3 is 0 Å². The molecule has 1 aliphatic rings. The van der Waals surface area contributed by atoms with Gasteiger partial charge in [-0.15, -0.1) is 11.3 Å². The second kappa shape index (κ2) is 8.60. The van der Waals surface area contributed by atoms with E-state index in [1.165, 1.54) is 14.6 Å². The Bertz CT molecular complexity index is 915. The summed E-state index contributed by atoms with van der Waals surface area (Å²) in [7, 11) is 1.88. The van der Waals surface area contributed by atoms with Crippen molar-refractivity contribution in [2.24, 2.45) is 0 Å². The summed E-state index contributed by atoms with van der Waals surface area (Å²) >= 11 is 7.75. The summed E-state index contributed by atoms with van der Waals surface area (Å²) in [4.78, 5) is 20.6. The molecule has 1 fully saturated rings. The number of quaternary nitrogens is 1. The van der Waals surface area contributed by atoms with E-state index in [-0.39, 0.29) is 5.91 Å². The second-order valence-corrected chi connectivity index (χ2v) is 9.10. The van der Waals surface area contributed by atoms with Crippen LogP contribution >= 0.6 is 22.9 Å². The number of hydrogen-bond acceptors (Lipinski definition) is 3. The minimum atomic E-state index is 0.198. The highest BCUT2D eigenvalue weighted by Gasteiger charge is 2.27. The summed E-state index contributed by atoms with van der Waals surface area (Å²) in [5, 5.41) is 1.98. The smallest absolute Gasteiger partial charge is 0.277 e. The zero-order valence-electron chi connectivity index (χ0n) is 16.0. The van der Waals surface area contributed by atoms with Crippen LogP contribution in [0.15, 0.2) is 48.5 Å². The van der Waals surface area contributed by atoms with Crippen LogP contribution in [0.1, 0.15) is 29.3 Å². The number of hydrogen-bond donors (Lipinski definition) is 1. The Balaban J connectivity index is 1.28. The Hall–Kier alpha value is -1.95. The molecule has 0 spiro atoms. The Morgan fingerprint density at radius 3 is 2.61 bits per heavy atom. The number of carbonyl (C=O) groups is 1. The molecule has 1 saturated heterocycles. The van der Waals surface area contributed by atoms with Gasteiger partial charge in [0.1, 0.15) is 0 Å². The summed E-state index contributed by atoms with van der Waals surface area (Å²) in [6.07, 6.45) is 2.20. The zero-order chi connectivity index (χ0) is 19.5. The fourth-order valence-electron chi connectivity index (χ4n) is 3.82. The van der Waals surface area contributed by atoms with Gasteiger partial charge in [0, 0.05) is 37.4 Å². The van der Waals surface area contributed by atoms with E-state index in [0.29, 0.717) is 19.0 Å². The van der Waals surface area contributed by atoms with Gasteiger partial charge in [0.05, 0.1) is 28.3 Å². The lowest BCUT2D eigenvalue weighted by atomic mass is 9.97. The molecule has 6 heteroatoms. The molecular weight excluding hydrogens is 390 g/mol. The second-order valence-electron chi connectivity index (χ2n) is 7.60. The highest BCUT2D eigenvalue weighted by atomic mass is 35.5. The number of nitrogens with one attached hydrogen (secondary N) is 1. The van der Waals surface area contributed by atoms with Gasteiger partial charge in [-0.25, -0.2) is 4.98 Å². The third-order valence-electron chi connectivity index (χ3n) is 5.51. The molecule has 0 aliphatic carbocycles. The molecule has 146 valence electrons. The largest absolute Gasteiger partial charge is 0.337 e. The van der Waals surface area contributed by atoms with Crippen LogP contribution in [0.25, 0.3) is 10.2 Å². The first kappa shape index (κ1) is 19.4. The third kappa shape index (κ3) is 4.54. The summed E-state index contributed by atoms with van der Waals surface area (Å²) in [5.41, 5.74) is 2.21. The molecule has 3 aromatic rings. The van der Waals surface area contributed by atoms with Gasteiger partial charge in [0.15, 0.2) is 6.54 Å². The number of halogens is 1. The molecule has 4 nitrogen and oxygen atoms in total. The van der Waals surface area contributed by atoms with E-state index in [1.807, 2.05) is 53.6 Å². The number of amides is 1. The van der Waals surface area contributed by atoms with Crippen LogP contribution in [-0.2, 0) is 11.3 Å². The van der Waals surface area contributed by atoms with E-state index in [9.17, 15) is 4.79 Å². The van der Waals surface area contributed by atoms with E-state index >= 15 is 0 Å². The first-order valence-electron chi connectivity index (χ1n) is 9.76. The molecule has 1 amide bonds. The van der Waals surface area contributed by atoms with Gasteiger partial charge < -0.3 is 9.80 Å². The van der Waals surface area contributed by atoms with Crippen LogP contribution in [0.4, 0.5) is 0 Å². The number of piperidine rings is 1. The minimum absolute atomic E-state index is 0.198. The third-order valence-corrected chi connectivity index (χ3v) is 6.96. The predicted molar refractivity (Wildman–Crippen MR) is 115 cm³/mol. The quantitative estimate of drug-likeness (QED) is 0.695. The van der Waals surface area contributed by atoms with E-state index in [1.54, 1.807) is 0 Å². The minimum Gasteiger partial charge on any atom is -0.337 e. The lowest BCUT2D eigenvalue weighted by molar-refractivity contribution is -0.897. The maximum atomic E-state index is 12.6. The Kier molecular flexibility index (Phi) is 5.95. The van der Waals surface area contributed by atoms with Crippen LogP contribution < -0.4 is 4.90 Å². The van der Waals surface area contributed by atoms with Crippen molar-refractivity contribution in [3.63, 3.8) is 0 Å².